The van der Waals surface area contributed by atoms with E-state index in [-0.39, 0.29) is 6.54 Å². The van der Waals surface area contributed by atoms with Gasteiger partial charge in [0.15, 0.2) is 0 Å². The lowest BCUT2D eigenvalue weighted by Gasteiger charge is -2.08. The highest BCUT2D eigenvalue weighted by Gasteiger charge is 2.16. The summed E-state index contributed by atoms with van der Waals surface area (Å²) in [6.45, 7) is 4.10. The van der Waals surface area contributed by atoms with Crippen LogP contribution < -0.4 is 10.6 Å². The second-order valence-electron chi connectivity index (χ2n) is 6.24. The summed E-state index contributed by atoms with van der Waals surface area (Å²) in [7, 11) is 0. The molecule has 0 fully saturated rings. The van der Waals surface area contributed by atoms with E-state index in [0.717, 1.165) is 25.8 Å². The predicted octanol–water partition coefficient (Wildman–Crippen LogP) is 3.76. The zero-order chi connectivity index (χ0) is 19.4. The van der Waals surface area contributed by atoms with Crippen LogP contribution in [0.1, 0.15) is 31.9 Å². The third-order valence-electron chi connectivity index (χ3n) is 3.87. The molecule has 0 aliphatic rings. The van der Waals surface area contributed by atoms with Crippen molar-refractivity contribution in [2.24, 2.45) is 0 Å². The van der Waals surface area contributed by atoms with Crippen LogP contribution in [0.3, 0.4) is 0 Å². The summed E-state index contributed by atoms with van der Waals surface area (Å²) in [6, 6.07) is 13.1. The third-order valence-corrected chi connectivity index (χ3v) is 5.94. The molecule has 0 radical (unpaired) electrons. The molecule has 1 atom stereocenters. The average Bonchev–Trinajstić information content (AvgIpc) is 3.30. The number of anilines is 1. The number of rotatable bonds is 5. The van der Waals surface area contributed by atoms with Crippen LogP contribution in [-0.4, -0.2) is 16.9 Å². The smallest absolute Gasteiger partial charge is 0.313 e. The summed E-state index contributed by atoms with van der Waals surface area (Å²) in [5, 5.41) is 17.5. The van der Waals surface area contributed by atoms with E-state index in [1.54, 1.807) is 0 Å². The number of aryl methyl sites for hydroxylation is 2. The summed E-state index contributed by atoms with van der Waals surface area (Å²) < 4.78 is 0. The lowest BCUT2D eigenvalue weighted by molar-refractivity contribution is -0.136. The number of carbonyl (C=O) groups excluding carboxylic acids is 2. The molecule has 27 heavy (non-hydrogen) atoms. The SMILES string of the molecule is Cc1cc(C)cc(NC(=O)C(=O)NCc2ccc(C(O)c3cccs3)s2)c1. The number of nitrogens with one attached hydrogen (secondary N) is 2. The first-order chi connectivity index (χ1) is 12.9. The van der Waals surface area contributed by atoms with E-state index in [2.05, 4.69) is 10.6 Å². The zero-order valence-electron chi connectivity index (χ0n) is 15.0. The first-order valence-corrected chi connectivity index (χ1v) is 10.1. The van der Waals surface area contributed by atoms with Crippen LogP contribution in [-0.2, 0) is 16.1 Å². The number of hydrogen-bond donors (Lipinski definition) is 3. The van der Waals surface area contributed by atoms with Gasteiger partial charge in [-0.2, -0.15) is 0 Å². The Morgan fingerprint density at radius 2 is 1.78 bits per heavy atom. The lowest BCUT2D eigenvalue weighted by atomic mass is 10.1. The average molecular weight is 401 g/mol. The van der Waals surface area contributed by atoms with E-state index >= 15 is 0 Å². The highest BCUT2D eigenvalue weighted by Crippen LogP contribution is 2.30. The second kappa shape index (κ2) is 8.47. The van der Waals surface area contributed by atoms with Crippen LogP contribution in [0.5, 0.6) is 0 Å². The van der Waals surface area contributed by atoms with Gasteiger partial charge in [0.1, 0.15) is 6.10 Å². The molecule has 0 aliphatic carbocycles. The molecule has 3 aromatic rings. The van der Waals surface area contributed by atoms with Crippen molar-refractivity contribution in [1.29, 1.82) is 0 Å². The molecule has 0 saturated heterocycles. The number of aliphatic hydroxyl groups excluding tert-OH is 1. The molecule has 7 heteroatoms. The van der Waals surface area contributed by atoms with E-state index in [4.69, 9.17) is 0 Å². The Morgan fingerprint density at radius 3 is 2.44 bits per heavy atom. The minimum absolute atomic E-state index is 0.237. The summed E-state index contributed by atoms with van der Waals surface area (Å²) in [5.41, 5.74) is 2.63. The van der Waals surface area contributed by atoms with Crippen LogP contribution in [0.25, 0.3) is 0 Å². The monoisotopic (exact) mass is 400 g/mol. The molecule has 2 heterocycles. The molecule has 0 saturated carbocycles. The Morgan fingerprint density at radius 1 is 1.04 bits per heavy atom. The summed E-state index contributed by atoms with van der Waals surface area (Å²) in [6.07, 6.45) is -0.660. The molecule has 5 nitrogen and oxygen atoms in total. The van der Waals surface area contributed by atoms with Gasteiger partial charge in [-0.1, -0.05) is 12.1 Å². The van der Waals surface area contributed by atoms with Crippen molar-refractivity contribution >= 4 is 40.2 Å². The Hall–Kier alpha value is -2.48. The standard InChI is InChI=1S/C20H20N2O3S2/c1-12-8-13(2)10-14(9-12)22-20(25)19(24)21-11-15-5-6-17(27-15)18(23)16-4-3-7-26-16/h3-10,18,23H,11H2,1-2H3,(H,21,24)(H,22,25). The molecule has 3 rings (SSSR count). The van der Waals surface area contributed by atoms with Gasteiger partial charge in [0, 0.05) is 20.3 Å². The van der Waals surface area contributed by atoms with Gasteiger partial charge in [-0.3, -0.25) is 9.59 Å². The summed E-state index contributed by atoms with van der Waals surface area (Å²) >= 11 is 2.91. The normalized spacial score (nSPS) is 11.8. The number of hydrogen-bond acceptors (Lipinski definition) is 5. The highest BCUT2D eigenvalue weighted by atomic mass is 32.1. The van der Waals surface area contributed by atoms with Crippen molar-refractivity contribution in [3.8, 4) is 0 Å². The molecule has 1 unspecified atom stereocenters. The molecule has 140 valence electrons. The largest absolute Gasteiger partial charge is 0.382 e. The van der Waals surface area contributed by atoms with Crippen molar-refractivity contribution in [2.75, 3.05) is 5.32 Å². The zero-order valence-corrected chi connectivity index (χ0v) is 16.6. The molecule has 2 aromatic heterocycles. The number of benzene rings is 1. The minimum atomic E-state index is -0.699. The molecule has 0 spiro atoms. The van der Waals surface area contributed by atoms with Gasteiger partial charge in [-0.05, 0) is 60.7 Å². The molecular weight excluding hydrogens is 380 g/mol. The first-order valence-electron chi connectivity index (χ1n) is 8.40. The van der Waals surface area contributed by atoms with Gasteiger partial charge in [0.25, 0.3) is 0 Å². The predicted molar refractivity (Wildman–Crippen MR) is 109 cm³/mol. The molecule has 2 amide bonds. The van der Waals surface area contributed by atoms with Crippen LogP contribution in [0.2, 0.25) is 0 Å². The van der Waals surface area contributed by atoms with Gasteiger partial charge in [0.05, 0.1) is 6.54 Å². The minimum Gasteiger partial charge on any atom is -0.382 e. The fourth-order valence-electron chi connectivity index (χ4n) is 2.71. The van der Waals surface area contributed by atoms with E-state index in [9.17, 15) is 14.7 Å². The lowest BCUT2D eigenvalue weighted by Crippen LogP contribution is -2.34. The van der Waals surface area contributed by atoms with E-state index in [1.165, 1.54) is 22.7 Å². The van der Waals surface area contributed by atoms with Crippen LogP contribution in [0.4, 0.5) is 5.69 Å². The van der Waals surface area contributed by atoms with Crippen LogP contribution in [0, 0.1) is 13.8 Å². The Kier molecular flexibility index (Phi) is 6.05. The van der Waals surface area contributed by atoms with Crippen molar-refractivity contribution in [2.45, 2.75) is 26.5 Å². The van der Waals surface area contributed by atoms with Crippen molar-refractivity contribution in [1.82, 2.24) is 5.32 Å². The van der Waals surface area contributed by atoms with Gasteiger partial charge in [-0.15, -0.1) is 22.7 Å². The van der Waals surface area contributed by atoms with Gasteiger partial charge < -0.3 is 15.7 Å². The second-order valence-corrected chi connectivity index (χ2v) is 8.41. The summed E-state index contributed by atoms with van der Waals surface area (Å²) in [5.74, 6) is -1.39. The number of carbonyl (C=O) groups is 2. The third kappa shape index (κ3) is 5.03. The highest BCUT2D eigenvalue weighted by molar-refractivity contribution is 7.12. The maximum atomic E-state index is 12.1. The molecule has 0 aliphatic heterocycles. The fraction of sp³-hybridized carbons (Fsp3) is 0.200. The Balaban J connectivity index is 1.55. The molecule has 1 aromatic carbocycles. The van der Waals surface area contributed by atoms with E-state index in [1.807, 2.05) is 61.7 Å². The van der Waals surface area contributed by atoms with Crippen molar-refractivity contribution < 1.29 is 14.7 Å². The van der Waals surface area contributed by atoms with Gasteiger partial charge in [0.2, 0.25) is 0 Å². The van der Waals surface area contributed by atoms with Gasteiger partial charge in [-0.25, -0.2) is 0 Å². The summed E-state index contributed by atoms with van der Waals surface area (Å²) in [4.78, 5) is 26.7. The number of aliphatic hydroxyl groups is 1. The fourth-order valence-corrected chi connectivity index (χ4v) is 4.47. The topological polar surface area (TPSA) is 78.4 Å². The first kappa shape index (κ1) is 19.3. The van der Waals surface area contributed by atoms with E-state index < -0.39 is 17.9 Å². The van der Waals surface area contributed by atoms with Gasteiger partial charge >= 0.3 is 11.8 Å². The quantitative estimate of drug-likeness (QED) is 0.571. The maximum absolute atomic E-state index is 12.1. The molecular formula is C20H20N2O3S2. The molecule has 3 N–H and O–H groups in total. The molecule has 0 bridgehead atoms. The van der Waals surface area contributed by atoms with Crippen molar-refractivity contribution in [3.05, 3.63) is 73.6 Å². The van der Waals surface area contributed by atoms with Crippen molar-refractivity contribution in [3.63, 3.8) is 0 Å². The Bertz CT molecular complexity index is 928. The van der Waals surface area contributed by atoms with Crippen LogP contribution in [0.15, 0.2) is 47.8 Å². The van der Waals surface area contributed by atoms with Crippen LogP contribution >= 0.6 is 22.7 Å². The maximum Gasteiger partial charge on any atom is 0.313 e. The van der Waals surface area contributed by atoms with E-state index in [0.29, 0.717) is 5.69 Å². The number of amides is 2. The number of thiophene rings is 2. The Labute approximate surface area is 165 Å².